The van der Waals surface area contributed by atoms with Crippen LogP contribution in [0.4, 0.5) is 13.2 Å². The summed E-state index contributed by atoms with van der Waals surface area (Å²) >= 11 is 0. The van der Waals surface area contributed by atoms with Crippen LogP contribution in [-0.4, -0.2) is 45.8 Å². The number of hydrogen-bond acceptors (Lipinski definition) is 6. The highest BCUT2D eigenvalue weighted by Crippen LogP contribution is 2.31. The van der Waals surface area contributed by atoms with Crippen LogP contribution in [0, 0.1) is 0 Å². The molecule has 0 aromatic heterocycles. The molecule has 3 unspecified atom stereocenters. The molecular formula is C6H7F3O6S. The van der Waals surface area contributed by atoms with Crippen molar-refractivity contribution in [3.05, 3.63) is 0 Å². The fourth-order valence-electron chi connectivity index (χ4n) is 1.37. The summed E-state index contributed by atoms with van der Waals surface area (Å²) in [6, 6.07) is 0. The maximum atomic E-state index is 12.0. The van der Waals surface area contributed by atoms with Gasteiger partial charge in [0.2, 0.25) is 0 Å². The van der Waals surface area contributed by atoms with Gasteiger partial charge in [0.25, 0.3) is 0 Å². The zero-order chi connectivity index (χ0) is 12.0. The van der Waals surface area contributed by atoms with E-state index in [-0.39, 0.29) is 13.4 Å². The highest BCUT2D eigenvalue weighted by atomic mass is 32.2. The van der Waals surface area contributed by atoms with Crippen molar-refractivity contribution in [2.45, 2.75) is 24.0 Å². The molecule has 0 amide bonds. The van der Waals surface area contributed by atoms with Gasteiger partial charge in [-0.25, -0.2) is 0 Å². The van der Waals surface area contributed by atoms with Gasteiger partial charge in [0.1, 0.15) is 12.2 Å². The summed E-state index contributed by atoms with van der Waals surface area (Å²) in [6.45, 7) is -0.494. The Morgan fingerprint density at radius 1 is 1.19 bits per heavy atom. The third-order valence-electron chi connectivity index (χ3n) is 2.09. The molecule has 3 atom stereocenters. The van der Waals surface area contributed by atoms with Gasteiger partial charge in [-0.05, 0) is 0 Å². The number of ether oxygens (including phenoxy) is 3. The second-order valence-corrected chi connectivity index (χ2v) is 4.72. The summed E-state index contributed by atoms with van der Waals surface area (Å²) in [5, 5.41) is 0. The number of hydrogen-bond donors (Lipinski definition) is 0. The van der Waals surface area contributed by atoms with Crippen LogP contribution < -0.4 is 0 Å². The van der Waals surface area contributed by atoms with Crippen molar-refractivity contribution in [3.63, 3.8) is 0 Å². The molecule has 10 heteroatoms. The fraction of sp³-hybridized carbons (Fsp3) is 1.00. The summed E-state index contributed by atoms with van der Waals surface area (Å²) in [5.41, 5.74) is -5.45. The van der Waals surface area contributed by atoms with E-state index in [1.807, 2.05) is 0 Å². The highest BCUT2D eigenvalue weighted by molar-refractivity contribution is 7.87. The van der Waals surface area contributed by atoms with E-state index in [9.17, 15) is 21.6 Å². The predicted octanol–water partition coefficient (Wildman–Crippen LogP) is -0.0496. The molecule has 94 valence electrons. The van der Waals surface area contributed by atoms with Crippen LogP contribution in [-0.2, 0) is 28.5 Å². The van der Waals surface area contributed by atoms with E-state index in [0.717, 1.165) is 0 Å². The van der Waals surface area contributed by atoms with Gasteiger partial charge in [-0.1, -0.05) is 0 Å². The molecule has 0 saturated carbocycles. The lowest BCUT2D eigenvalue weighted by atomic mass is 10.2. The fourth-order valence-corrected chi connectivity index (χ4v) is 1.97. The Kier molecular flexibility index (Phi) is 2.87. The minimum absolute atomic E-state index is 0.165. The topological polar surface area (TPSA) is 71.1 Å². The van der Waals surface area contributed by atoms with Crippen molar-refractivity contribution < 1.29 is 40.0 Å². The van der Waals surface area contributed by atoms with Gasteiger partial charge in [-0.3, -0.25) is 4.18 Å². The molecule has 2 rings (SSSR count). The Morgan fingerprint density at radius 2 is 1.88 bits per heavy atom. The molecule has 0 N–H and O–H groups in total. The standard InChI is InChI=1S/C6H7F3O6S/c7-6(8,9)16(10,11)15-3-1-12-5-4(3)13-2-14-5/h3-5H,1-2H2. The molecule has 0 spiro atoms. The van der Waals surface area contributed by atoms with E-state index in [0.29, 0.717) is 0 Å². The molecule has 16 heavy (non-hydrogen) atoms. The molecule has 6 nitrogen and oxygen atoms in total. The lowest BCUT2D eigenvalue weighted by molar-refractivity contribution is -0.0944. The summed E-state index contributed by atoms with van der Waals surface area (Å²) in [7, 11) is -5.64. The molecule has 2 fully saturated rings. The van der Waals surface area contributed by atoms with E-state index >= 15 is 0 Å². The van der Waals surface area contributed by atoms with Crippen LogP contribution in [0.2, 0.25) is 0 Å². The predicted molar refractivity (Wildman–Crippen MR) is 40.4 cm³/mol. The first-order valence-corrected chi connectivity index (χ1v) is 5.56. The zero-order valence-corrected chi connectivity index (χ0v) is 8.45. The van der Waals surface area contributed by atoms with Crippen molar-refractivity contribution in [2.75, 3.05) is 13.4 Å². The van der Waals surface area contributed by atoms with Crippen molar-refractivity contribution in [1.29, 1.82) is 0 Å². The second kappa shape index (κ2) is 3.81. The molecule has 0 radical (unpaired) electrons. The molecule has 0 aliphatic carbocycles. The number of rotatable bonds is 2. The molecule has 0 aromatic rings. The van der Waals surface area contributed by atoms with Gasteiger partial charge in [-0.2, -0.15) is 21.6 Å². The first-order valence-electron chi connectivity index (χ1n) is 4.15. The SMILES string of the molecule is O=S(=O)(OC1COC2OCOC12)C(F)(F)F. The van der Waals surface area contributed by atoms with Crippen molar-refractivity contribution >= 4 is 10.1 Å². The Morgan fingerprint density at radius 3 is 2.50 bits per heavy atom. The molecule has 2 saturated heterocycles. The first kappa shape index (κ1) is 12.0. The van der Waals surface area contributed by atoms with Crippen molar-refractivity contribution in [2.24, 2.45) is 0 Å². The van der Waals surface area contributed by atoms with E-state index < -0.39 is 34.1 Å². The van der Waals surface area contributed by atoms with E-state index in [1.165, 1.54) is 0 Å². The Hall–Kier alpha value is -0.420. The van der Waals surface area contributed by atoms with Gasteiger partial charge >= 0.3 is 15.6 Å². The van der Waals surface area contributed by atoms with Crippen LogP contribution in [0.5, 0.6) is 0 Å². The minimum atomic E-state index is -5.64. The molecule has 2 aliphatic rings. The smallest absolute Gasteiger partial charge is 0.347 e. The van der Waals surface area contributed by atoms with Gasteiger partial charge in [0.15, 0.2) is 13.1 Å². The molecule has 0 bridgehead atoms. The monoisotopic (exact) mass is 264 g/mol. The molecule has 2 heterocycles. The van der Waals surface area contributed by atoms with E-state index in [4.69, 9.17) is 14.2 Å². The summed E-state index contributed by atoms with van der Waals surface area (Å²) < 4.78 is 75.9. The summed E-state index contributed by atoms with van der Waals surface area (Å²) in [6.07, 6.45) is -3.15. The van der Waals surface area contributed by atoms with Crippen LogP contribution in [0.15, 0.2) is 0 Å². The maximum Gasteiger partial charge on any atom is 0.523 e. The Balaban J connectivity index is 2.06. The largest absolute Gasteiger partial charge is 0.523 e. The normalized spacial score (nSPS) is 35.3. The second-order valence-electron chi connectivity index (χ2n) is 3.15. The zero-order valence-electron chi connectivity index (χ0n) is 7.64. The van der Waals surface area contributed by atoms with Crippen LogP contribution in [0.3, 0.4) is 0 Å². The first-order chi connectivity index (χ1) is 7.31. The van der Waals surface area contributed by atoms with Crippen LogP contribution >= 0.6 is 0 Å². The molecular weight excluding hydrogens is 257 g/mol. The third kappa shape index (κ3) is 2.02. The van der Waals surface area contributed by atoms with Crippen LogP contribution in [0.25, 0.3) is 0 Å². The number of fused-ring (bicyclic) bond motifs is 1. The van der Waals surface area contributed by atoms with Crippen molar-refractivity contribution in [3.8, 4) is 0 Å². The van der Waals surface area contributed by atoms with E-state index in [1.54, 1.807) is 0 Å². The lowest BCUT2D eigenvalue weighted by Crippen LogP contribution is -2.36. The summed E-state index contributed by atoms with van der Waals surface area (Å²) in [4.78, 5) is 0. The number of halogens is 3. The quantitative estimate of drug-likeness (QED) is 0.514. The highest BCUT2D eigenvalue weighted by Gasteiger charge is 2.53. The van der Waals surface area contributed by atoms with E-state index in [2.05, 4.69) is 4.18 Å². The Labute approximate surface area is 88.3 Å². The number of alkyl halides is 3. The van der Waals surface area contributed by atoms with Gasteiger partial charge in [-0.15, -0.1) is 0 Å². The van der Waals surface area contributed by atoms with Gasteiger partial charge in [0, 0.05) is 0 Å². The third-order valence-corrected chi connectivity index (χ3v) is 3.15. The average Bonchev–Trinajstić information content (AvgIpc) is 2.67. The van der Waals surface area contributed by atoms with Crippen molar-refractivity contribution in [1.82, 2.24) is 0 Å². The average molecular weight is 264 g/mol. The molecule has 0 aromatic carbocycles. The molecule has 2 aliphatic heterocycles. The van der Waals surface area contributed by atoms with Crippen LogP contribution in [0.1, 0.15) is 0 Å². The minimum Gasteiger partial charge on any atom is -0.347 e. The van der Waals surface area contributed by atoms with Gasteiger partial charge < -0.3 is 14.2 Å². The Bertz CT molecular complexity index is 365. The van der Waals surface area contributed by atoms with Gasteiger partial charge in [0.05, 0.1) is 6.61 Å². The maximum absolute atomic E-state index is 12.0. The summed E-state index contributed by atoms with van der Waals surface area (Å²) in [5.74, 6) is 0. The lowest BCUT2D eigenvalue weighted by Gasteiger charge is -2.15.